The minimum atomic E-state index is -0.463. The molecule has 0 aromatic heterocycles. The molecule has 1 saturated carbocycles. The van der Waals surface area contributed by atoms with Crippen LogP contribution in [0.1, 0.15) is 46.5 Å². The number of amides is 1. The van der Waals surface area contributed by atoms with E-state index in [1.807, 2.05) is 20.8 Å². The summed E-state index contributed by atoms with van der Waals surface area (Å²) in [6.45, 7) is 6.31. The van der Waals surface area contributed by atoms with Crippen molar-refractivity contribution >= 4 is 6.09 Å². The van der Waals surface area contributed by atoms with Gasteiger partial charge in [-0.1, -0.05) is 0 Å². The number of carbonyl (C=O) groups is 1. The normalized spacial score (nSPS) is 34.0. The molecule has 1 heterocycles. The Labute approximate surface area is 96.6 Å². The van der Waals surface area contributed by atoms with Crippen molar-refractivity contribution in [2.24, 2.45) is 0 Å². The molecule has 1 aliphatic carbocycles. The van der Waals surface area contributed by atoms with E-state index in [2.05, 4.69) is 0 Å². The molecule has 0 aromatic rings. The van der Waals surface area contributed by atoms with Crippen LogP contribution in [-0.2, 0) is 4.74 Å². The third-order valence-electron chi connectivity index (χ3n) is 3.61. The van der Waals surface area contributed by atoms with Gasteiger partial charge in [-0.2, -0.15) is 0 Å². The molecule has 4 heteroatoms. The van der Waals surface area contributed by atoms with Gasteiger partial charge in [0, 0.05) is 6.54 Å². The van der Waals surface area contributed by atoms with Crippen molar-refractivity contribution < 1.29 is 14.6 Å². The van der Waals surface area contributed by atoms with E-state index >= 15 is 0 Å². The monoisotopic (exact) mass is 227 g/mol. The molecule has 0 aromatic carbocycles. The Morgan fingerprint density at radius 1 is 1.44 bits per heavy atom. The third kappa shape index (κ3) is 1.79. The molecule has 4 nitrogen and oxygen atoms in total. The van der Waals surface area contributed by atoms with E-state index in [1.54, 1.807) is 4.90 Å². The largest absolute Gasteiger partial charge is 0.444 e. The lowest BCUT2D eigenvalue weighted by Crippen LogP contribution is -2.62. The molecule has 0 radical (unpaired) electrons. The number of hydrogen-bond acceptors (Lipinski definition) is 3. The molecule has 1 aliphatic heterocycles. The lowest BCUT2D eigenvalue weighted by atomic mass is 9.72. The van der Waals surface area contributed by atoms with E-state index in [-0.39, 0.29) is 17.7 Å². The summed E-state index contributed by atoms with van der Waals surface area (Å²) in [6, 6.07) is 0. The van der Waals surface area contributed by atoms with Crippen LogP contribution in [0.4, 0.5) is 4.79 Å². The Balaban J connectivity index is 2.06. The van der Waals surface area contributed by atoms with Crippen LogP contribution >= 0.6 is 0 Å². The van der Waals surface area contributed by atoms with Crippen LogP contribution in [0.25, 0.3) is 0 Å². The highest BCUT2D eigenvalue weighted by molar-refractivity contribution is 5.70. The molecular weight excluding hydrogens is 206 g/mol. The molecule has 2 rings (SSSR count). The predicted molar refractivity (Wildman–Crippen MR) is 60.1 cm³/mol. The van der Waals surface area contributed by atoms with Gasteiger partial charge in [0.1, 0.15) is 5.60 Å². The number of rotatable bonds is 0. The molecule has 1 amide bonds. The van der Waals surface area contributed by atoms with Crippen LogP contribution in [-0.4, -0.2) is 39.9 Å². The number of aliphatic hydroxyl groups excluding tert-OH is 1. The fraction of sp³-hybridized carbons (Fsp3) is 0.917. The second-order valence-electron chi connectivity index (χ2n) is 5.89. The van der Waals surface area contributed by atoms with Gasteiger partial charge in [-0.3, -0.25) is 4.90 Å². The molecule has 16 heavy (non-hydrogen) atoms. The summed E-state index contributed by atoms with van der Waals surface area (Å²) in [5.41, 5.74) is -0.766. The lowest BCUT2D eigenvalue weighted by Gasteiger charge is -2.49. The van der Waals surface area contributed by atoms with Gasteiger partial charge in [-0.25, -0.2) is 4.79 Å². The van der Waals surface area contributed by atoms with Crippen LogP contribution in [0.5, 0.6) is 0 Å². The first kappa shape index (κ1) is 11.7. The third-order valence-corrected chi connectivity index (χ3v) is 3.61. The van der Waals surface area contributed by atoms with Gasteiger partial charge in [0.15, 0.2) is 0 Å². The predicted octanol–water partition coefficient (Wildman–Crippen LogP) is 1.91. The molecule has 2 fully saturated rings. The number of hydrogen-bond donors (Lipinski definition) is 1. The molecule has 0 bridgehead atoms. The van der Waals surface area contributed by atoms with Crippen molar-refractivity contribution in [3.63, 3.8) is 0 Å². The van der Waals surface area contributed by atoms with Crippen molar-refractivity contribution in [3.8, 4) is 0 Å². The second kappa shape index (κ2) is 3.62. The highest BCUT2D eigenvalue weighted by atomic mass is 16.6. The first-order chi connectivity index (χ1) is 7.35. The number of ether oxygens (including phenoxy) is 1. The van der Waals surface area contributed by atoms with Gasteiger partial charge in [-0.15, -0.1) is 0 Å². The zero-order valence-electron chi connectivity index (χ0n) is 10.3. The van der Waals surface area contributed by atoms with E-state index in [1.165, 1.54) is 0 Å². The first-order valence-electron chi connectivity index (χ1n) is 6.04. The zero-order valence-corrected chi connectivity index (χ0v) is 10.3. The SMILES string of the molecule is CC(C)(C)OC(=O)N1CCCC12CCC2O. The number of aliphatic hydroxyl groups is 1. The van der Waals surface area contributed by atoms with Crippen molar-refractivity contribution in [1.29, 1.82) is 0 Å². The fourth-order valence-corrected chi connectivity index (χ4v) is 2.70. The van der Waals surface area contributed by atoms with E-state index in [0.29, 0.717) is 6.54 Å². The van der Waals surface area contributed by atoms with Crippen LogP contribution in [0.3, 0.4) is 0 Å². The molecule has 2 aliphatic rings. The smallest absolute Gasteiger partial charge is 0.410 e. The zero-order chi connectivity index (χ0) is 12.0. The Morgan fingerprint density at radius 3 is 2.56 bits per heavy atom. The molecule has 1 spiro atoms. The van der Waals surface area contributed by atoms with Gasteiger partial charge in [-0.05, 0) is 46.5 Å². The summed E-state index contributed by atoms with van der Waals surface area (Å²) >= 11 is 0. The lowest BCUT2D eigenvalue weighted by molar-refractivity contribution is -0.0850. The van der Waals surface area contributed by atoms with Crippen LogP contribution in [0.2, 0.25) is 0 Å². The Morgan fingerprint density at radius 2 is 2.12 bits per heavy atom. The highest BCUT2D eigenvalue weighted by Crippen LogP contribution is 2.46. The molecule has 1 N–H and O–H groups in total. The first-order valence-corrected chi connectivity index (χ1v) is 6.04. The fourth-order valence-electron chi connectivity index (χ4n) is 2.70. The topological polar surface area (TPSA) is 49.8 Å². The van der Waals surface area contributed by atoms with Gasteiger partial charge >= 0.3 is 6.09 Å². The average Bonchev–Trinajstić information content (AvgIpc) is 2.59. The number of likely N-dealkylation sites (tertiary alicyclic amines) is 1. The van der Waals surface area contributed by atoms with E-state index in [0.717, 1.165) is 25.7 Å². The molecular formula is C12H21NO3. The minimum Gasteiger partial charge on any atom is -0.444 e. The highest BCUT2D eigenvalue weighted by Gasteiger charge is 2.55. The average molecular weight is 227 g/mol. The number of carbonyl (C=O) groups excluding carboxylic acids is 1. The molecule has 92 valence electrons. The summed E-state index contributed by atoms with van der Waals surface area (Å²) in [6.07, 6.45) is 2.96. The summed E-state index contributed by atoms with van der Waals surface area (Å²) < 4.78 is 5.38. The molecule has 2 atom stereocenters. The van der Waals surface area contributed by atoms with Crippen molar-refractivity contribution in [2.45, 2.75) is 63.7 Å². The maximum atomic E-state index is 12.0. The van der Waals surface area contributed by atoms with Crippen molar-refractivity contribution in [1.82, 2.24) is 4.90 Å². The van der Waals surface area contributed by atoms with Crippen molar-refractivity contribution in [2.75, 3.05) is 6.54 Å². The van der Waals surface area contributed by atoms with Crippen LogP contribution in [0.15, 0.2) is 0 Å². The minimum absolute atomic E-state index is 0.274. The molecule has 2 unspecified atom stereocenters. The van der Waals surface area contributed by atoms with Crippen molar-refractivity contribution in [3.05, 3.63) is 0 Å². The Bertz CT molecular complexity index is 297. The van der Waals surface area contributed by atoms with Crippen LogP contribution in [0, 0.1) is 0 Å². The van der Waals surface area contributed by atoms with Gasteiger partial charge in [0.2, 0.25) is 0 Å². The Hall–Kier alpha value is -0.770. The standard InChI is InChI=1S/C12H21NO3/c1-11(2,3)16-10(15)13-8-4-6-12(13)7-5-9(12)14/h9,14H,4-8H2,1-3H3. The van der Waals surface area contributed by atoms with Gasteiger partial charge in [0.25, 0.3) is 0 Å². The summed E-state index contributed by atoms with van der Waals surface area (Å²) in [7, 11) is 0. The second-order valence-corrected chi connectivity index (χ2v) is 5.89. The molecule has 1 saturated heterocycles. The summed E-state index contributed by atoms with van der Waals surface area (Å²) in [5, 5.41) is 9.87. The maximum absolute atomic E-state index is 12.0. The van der Waals surface area contributed by atoms with Crippen LogP contribution < -0.4 is 0 Å². The quantitative estimate of drug-likeness (QED) is 0.687. The van der Waals surface area contributed by atoms with Gasteiger partial charge < -0.3 is 9.84 Å². The Kier molecular flexibility index (Phi) is 2.65. The van der Waals surface area contributed by atoms with E-state index in [9.17, 15) is 9.90 Å². The number of nitrogens with zero attached hydrogens (tertiary/aromatic N) is 1. The van der Waals surface area contributed by atoms with Gasteiger partial charge in [0.05, 0.1) is 11.6 Å². The van der Waals surface area contributed by atoms with E-state index in [4.69, 9.17) is 4.74 Å². The maximum Gasteiger partial charge on any atom is 0.410 e. The summed E-state index contributed by atoms with van der Waals surface area (Å²) in [5.74, 6) is 0. The summed E-state index contributed by atoms with van der Waals surface area (Å²) in [4.78, 5) is 13.7. The van der Waals surface area contributed by atoms with E-state index < -0.39 is 5.60 Å².